The molecule has 0 saturated heterocycles. The Morgan fingerprint density at radius 2 is 1.82 bits per heavy atom. The van der Waals surface area contributed by atoms with Crippen LogP contribution in [-0.2, 0) is 4.79 Å². The molecule has 0 bridgehead atoms. The van der Waals surface area contributed by atoms with Gasteiger partial charge in [-0.2, -0.15) is 0 Å². The Balaban J connectivity index is 0.00000176. The van der Waals surface area contributed by atoms with Gasteiger partial charge in [-0.15, -0.1) is 12.4 Å². The standard InChI is InChI=1S/C16H13NO4.ClH/c1-9(17)16(19)20-10-6-7-12-14(8-10)21-13-5-3-2-4-11(13)15(12)18;/h2-9H,17H2,1H3;1H/t9-;/m0./s1. The molecule has 0 amide bonds. The largest absolute Gasteiger partial charge is 0.456 e. The predicted molar refractivity (Wildman–Crippen MR) is 86.5 cm³/mol. The highest BCUT2D eigenvalue weighted by atomic mass is 35.5. The minimum Gasteiger partial charge on any atom is -0.456 e. The molecule has 1 atom stereocenters. The zero-order chi connectivity index (χ0) is 15.0. The summed E-state index contributed by atoms with van der Waals surface area (Å²) in [6.45, 7) is 1.54. The third-order valence-corrected chi connectivity index (χ3v) is 3.14. The van der Waals surface area contributed by atoms with Gasteiger partial charge in [-0.05, 0) is 31.2 Å². The van der Waals surface area contributed by atoms with Crippen LogP contribution < -0.4 is 15.9 Å². The number of hydrogen-bond donors (Lipinski definition) is 1. The van der Waals surface area contributed by atoms with Crippen molar-refractivity contribution in [1.29, 1.82) is 0 Å². The van der Waals surface area contributed by atoms with E-state index in [4.69, 9.17) is 14.9 Å². The molecule has 0 spiro atoms. The van der Waals surface area contributed by atoms with Gasteiger partial charge in [0.05, 0.1) is 10.8 Å². The number of nitrogens with two attached hydrogens (primary N) is 1. The second-order valence-electron chi connectivity index (χ2n) is 4.80. The van der Waals surface area contributed by atoms with E-state index < -0.39 is 12.0 Å². The van der Waals surface area contributed by atoms with Crippen molar-refractivity contribution in [3.63, 3.8) is 0 Å². The van der Waals surface area contributed by atoms with Gasteiger partial charge in [-0.1, -0.05) is 12.1 Å². The number of carbonyl (C=O) groups excluding carboxylic acids is 1. The molecule has 6 heteroatoms. The first-order valence-electron chi connectivity index (χ1n) is 6.49. The summed E-state index contributed by atoms with van der Waals surface area (Å²) in [5.41, 5.74) is 6.19. The lowest BCUT2D eigenvalue weighted by Crippen LogP contribution is -2.30. The molecule has 114 valence electrons. The number of hydrogen-bond acceptors (Lipinski definition) is 5. The summed E-state index contributed by atoms with van der Waals surface area (Å²) in [5.74, 6) is -0.249. The van der Waals surface area contributed by atoms with Gasteiger partial charge in [0.1, 0.15) is 23.0 Å². The fraction of sp³-hybridized carbons (Fsp3) is 0.125. The van der Waals surface area contributed by atoms with E-state index >= 15 is 0 Å². The van der Waals surface area contributed by atoms with Gasteiger partial charge in [0, 0.05) is 6.07 Å². The van der Waals surface area contributed by atoms with Crippen molar-refractivity contribution < 1.29 is 13.9 Å². The molecular weight excluding hydrogens is 306 g/mol. The van der Waals surface area contributed by atoms with Gasteiger partial charge in [0.25, 0.3) is 0 Å². The van der Waals surface area contributed by atoms with E-state index in [0.717, 1.165) is 0 Å². The van der Waals surface area contributed by atoms with Gasteiger partial charge >= 0.3 is 5.97 Å². The van der Waals surface area contributed by atoms with Crippen LogP contribution in [0, 0.1) is 0 Å². The second kappa shape index (κ2) is 6.17. The highest BCUT2D eigenvalue weighted by molar-refractivity contribution is 5.90. The number of para-hydroxylation sites is 1. The van der Waals surface area contributed by atoms with Crippen LogP contribution >= 0.6 is 12.4 Å². The Bertz CT molecular complexity index is 901. The van der Waals surface area contributed by atoms with E-state index in [9.17, 15) is 9.59 Å². The van der Waals surface area contributed by atoms with Crippen molar-refractivity contribution in [3.8, 4) is 5.75 Å². The summed E-state index contributed by atoms with van der Waals surface area (Å²) >= 11 is 0. The Kier molecular flexibility index (Phi) is 4.49. The third kappa shape index (κ3) is 2.81. The van der Waals surface area contributed by atoms with E-state index in [1.165, 1.54) is 13.0 Å². The minimum atomic E-state index is -0.718. The van der Waals surface area contributed by atoms with Crippen molar-refractivity contribution in [1.82, 2.24) is 0 Å². The average molecular weight is 320 g/mol. The maximum atomic E-state index is 12.3. The molecule has 0 aliphatic carbocycles. The topological polar surface area (TPSA) is 82.5 Å². The van der Waals surface area contributed by atoms with Crippen LogP contribution in [0.3, 0.4) is 0 Å². The Hall–Kier alpha value is -2.37. The molecule has 0 saturated carbocycles. The van der Waals surface area contributed by atoms with Crippen LogP contribution in [0.5, 0.6) is 5.75 Å². The highest BCUT2D eigenvalue weighted by Crippen LogP contribution is 2.23. The number of rotatable bonds is 2. The molecule has 22 heavy (non-hydrogen) atoms. The quantitative estimate of drug-likeness (QED) is 0.446. The molecule has 3 aromatic rings. The van der Waals surface area contributed by atoms with Crippen molar-refractivity contribution in [3.05, 3.63) is 52.7 Å². The highest BCUT2D eigenvalue weighted by Gasteiger charge is 2.12. The predicted octanol–water partition coefficient (Wildman–Crippen LogP) is 2.62. The van der Waals surface area contributed by atoms with Crippen LogP contribution in [0.1, 0.15) is 6.92 Å². The molecule has 2 N–H and O–H groups in total. The molecule has 0 fully saturated rings. The first-order valence-corrected chi connectivity index (χ1v) is 6.49. The van der Waals surface area contributed by atoms with Crippen molar-refractivity contribution >= 4 is 40.3 Å². The van der Waals surface area contributed by atoms with Gasteiger partial charge in [-0.25, -0.2) is 4.79 Å². The number of halogens is 1. The van der Waals surface area contributed by atoms with E-state index in [2.05, 4.69) is 0 Å². The van der Waals surface area contributed by atoms with E-state index in [-0.39, 0.29) is 17.8 Å². The number of fused-ring (bicyclic) bond motifs is 2. The van der Waals surface area contributed by atoms with Crippen molar-refractivity contribution in [2.24, 2.45) is 5.73 Å². The molecule has 0 radical (unpaired) electrons. The molecule has 0 unspecified atom stereocenters. The molecule has 5 nitrogen and oxygen atoms in total. The van der Waals surface area contributed by atoms with E-state index in [1.54, 1.807) is 36.4 Å². The Morgan fingerprint density at radius 3 is 2.55 bits per heavy atom. The Labute approximate surface area is 132 Å². The molecule has 1 aromatic heterocycles. The monoisotopic (exact) mass is 319 g/mol. The van der Waals surface area contributed by atoms with Crippen LogP contribution in [0.2, 0.25) is 0 Å². The van der Waals surface area contributed by atoms with E-state index in [1.807, 2.05) is 0 Å². The van der Waals surface area contributed by atoms with Gasteiger partial charge in [0.2, 0.25) is 5.43 Å². The fourth-order valence-electron chi connectivity index (χ4n) is 2.05. The third-order valence-electron chi connectivity index (χ3n) is 3.14. The van der Waals surface area contributed by atoms with Gasteiger partial charge < -0.3 is 14.9 Å². The second-order valence-corrected chi connectivity index (χ2v) is 4.80. The lowest BCUT2D eigenvalue weighted by molar-refractivity contribution is -0.135. The fourth-order valence-corrected chi connectivity index (χ4v) is 2.05. The lowest BCUT2D eigenvalue weighted by Gasteiger charge is -2.07. The summed E-state index contributed by atoms with van der Waals surface area (Å²) in [5, 5.41) is 0.958. The van der Waals surface area contributed by atoms with Crippen molar-refractivity contribution in [2.75, 3.05) is 0 Å². The van der Waals surface area contributed by atoms with Gasteiger partial charge in [0.15, 0.2) is 0 Å². The van der Waals surface area contributed by atoms with Gasteiger partial charge in [-0.3, -0.25) is 4.79 Å². The first kappa shape index (κ1) is 16.0. The summed E-state index contributed by atoms with van der Waals surface area (Å²) in [6, 6.07) is 10.9. The molecular formula is C16H14ClNO4. The van der Waals surface area contributed by atoms with E-state index in [0.29, 0.717) is 27.7 Å². The molecule has 0 aliphatic rings. The summed E-state index contributed by atoms with van der Waals surface area (Å²) in [6.07, 6.45) is 0. The van der Waals surface area contributed by atoms with Crippen molar-refractivity contribution in [2.45, 2.75) is 13.0 Å². The maximum Gasteiger partial charge on any atom is 0.328 e. The summed E-state index contributed by atoms with van der Waals surface area (Å²) < 4.78 is 10.8. The lowest BCUT2D eigenvalue weighted by atomic mass is 10.1. The molecule has 2 aromatic carbocycles. The van der Waals surface area contributed by atoms with Crippen LogP contribution in [-0.4, -0.2) is 12.0 Å². The molecule has 3 rings (SSSR count). The zero-order valence-corrected chi connectivity index (χ0v) is 12.6. The minimum absolute atomic E-state index is 0. The number of benzene rings is 2. The SMILES string of the molecule is C[C@H](N)C(=O)Oc1ccc2c(=O)c3ccccc3oc2c1.Cl. The zero-order valence-electron chi connectivity index (χ0n) is 11.7. The summed E-state index contributed by atoms with van der Waals surface area (Å²) in [7, 11) is 0. The average Bonchev–Trinajstić information content (AvgIpc) is 2.47. The van der Waals surface area contributed by atoms with Crippen LogP contribution in [0.15, 0.2) is 51.7 Å². The number of ether oxygens (including phenoxy) is 1. The first-order chi connectivity index (χ1) is 10.1. The molecule has 1 heterocycles. The molecule has 0 aliphatic heterocycles. The summed E-state index contributed by atoms with van der Waals surface area (Å²) in [4.78, 5) is 23.8. The Morgan fingerprint density at radius 1 is 1.14 bits per heavy atom. The number of carbonyl (C=O) groups is 1. The van der Waals surface area contributed by atoms with Crippen LogP contribution in [0.25, 0.3) is 21.9 Å². The maximum absolute atomic E-state index is 12.3. The smallest absolute Gasteiger partial charge is 0.328 e. The normalized spacial score (nSPS) is 11.9. The van der Waals surface area contributed by atoms with Crippen LogP contribution in [0.4, 0.5) is 0 Å². The number of esters is 1.